The van der Waals surface area contributed by atoms with E-state index >= 15 is 0 Å². The molecule has 2 rings (SSSR count). The van der Waals surface area contributed by atoms with E-state index in [-0.39, 0.29) is 5.91 Å². The summed E-state index contributed by atoms with van der Waals surface area (Å²) in [5.41, 5.74) is 2.02. The van der Waals surface area contributed by atoms with Gasteiger partial charge >= 0.3 is 0 Å². The van der Waals surface area contributed by atoms with Crippen molar-refractivity contribution in [3.63, 3.8) is 0 Å². The standard InChI is InChI=1S/C13H13BrN4O/c1-8-3-4-10(7-16-8)18-13(19)11-5-9(14)6-17-12(11)15-2/h3-7H,1-2H3,(H,15,17)(H,18,19). The fourth-order valence-electron chi connectivity index (χ4n) is 1.55. The molecule has 5 nitrogen and oxygen atoms in total. The Labute approximate surface area is 119 Å². The summed E-state index contributed by atoms with van der Waals surface area (Å²) >= 11 is 3.31. The van der Waals surface area contributed by atoms with E-state index in [0.29, 0.717) is 17.1 Å². The van der Waals surface area contributed by atoms with Crippen molar-refractivity contribution in [1.82, 2.24) is 9.97 Å². The summed E-state index contributed by atoms with van der Waals surface area (Å²) in [6, 6.07) is 5.37. The minimum atomic E-state index is -0.233. The van der Waals surface area contributed by atoms with E-state index < -0.39 is 0 Å². The zero-order chi connectivity index (χ0) is 13.8. The number of carbonyl (C=O) groups is 1. The third-order valence-electron chi connectivity index (χ3n) is 2.50. The van der Waals surface area contributed by atoms with Crippen LogP contribution >= 0.6 is 15.9 Å². The molecule has 2 aromatic rings. The van der Waals surface area contributed by atoms with Gasteiger partial charge in [-0.1, -0.05) is 0 Å². The Morgan fingerprint density at radius 1 is 1.26 bits per heavy atom. The van der Waals surface area contributed by atoms with E-state index in [9.17, 15) is 4.79 Å². The Kier molecular flexibility index (Phi) is 4.11. The average Bonchev–Trinajstić information content (AvgIpc) is 2.41. The zero-order valence-corrected chi connectivity index (χ0v) is 12.2. The van der Waals surface area contributed by atoms with Crippen molar-refractivity contribution in [2.75, 3.05) is 17.7 Å². The molecule has 0 spiro atoms. The molecule has 0 unspecified atom stereocenters. The number of amides is 1. The van der Waals surface area contributed by atoms with Crippen molar-refractivity contribution in [3.8, 4) is 0 Å². The molecule has 0 saturated carbocycles. The van der Waals surface area contributed by atoms with Crippen LogP contribution < -0.4 is 10.6 Å². The lowest BCUT2D eigenvalue weighted by Gasteiger charge is -2.09. The molecule has 0 aliphatic rings. The van der Waals surface area contributed by atoms with Gasteiger partial charge in [-0.2, -0.15) is 0 Å². The van der Waals surface area contributed by atoms with Crippen LogP contribution in [0.2, 0.25) is 0 Å². The topological polar surface area (TPSA) is 66.9 Å². The highest BCUT2D eigenvalue weighted by Crippen LogP contribution is 2.19. The summed E-state index contributed by atoms with van der Waals surface area (Å²) in [6.45, 7) is 1.89. The fraction of sp³-hybridized carbons (Fsp3) is 0.154. The van der Waals surface area contributed by atoms with Gasteiger partial charge in [-0.25, -0.2) is 4.98 Å². The van der Waals surface area contributed by atoms with Gasteiger partial charge in [0.05, 0.1) is 17.4 Å². The molecule has 98 valence electrons. The first-order valence-corrected chi connectivity index (χ1v) is 6.47. The van der Waals surface area contributed by atoms with Gasteiger partial charge in [0.25, 0.3) is 5.91 Å². The van der Waals surface area contributed by atoms with Gasteiger partial charge in [0.1, 0.15) is 5.82 Å². The van der Waals surface area contributed by atoms with Gasteiger partial charge in [0.15, 0.2) is 0 Å². The molecule has 6 heteroatoms. The summed E-state index contributed by atoms with van der Waals surface area (Å²) in [7, 11) is 1.72. The quantitative estimate of drug-likeness (QED) is 0.912. The second kappa shape index (κ2) is 5.79. The van der Waals surface area contributed by atoms with Crippen LogP contribution in [0.5, 0.6) is 0 Å². The number of hydrogen-bond acceptors (Lipinski definition) is 4. The van der Waals surface area contributed by atoms with Crippen LogP contribution in [0.1, 0.15) is 16.1 Å². The molecule has 0 aliphatic heterocycles. The number of aromatic nitrogens is 2. The first kappa shape index (κ1) is 13.5. The largest absolute Gasteiger partial charge is 0.372 e. The van der Waals surface area contributed by atoms with Gasteiger partial charge in [-0.3, -0.25) is 9.78 Å². The fourth-order valence-corrected chi connectivity index (χ4v) is 1.88. The number of nitrogens with one attached hydrogen (secondary N) is 2. The van der Waals surface area contributed by atoms with Crippen LogP contribution in [-0.2, 0) is 0 Å². The number of aryl methyl sites for hydroxylation is 1. The molecule has 0 aliphatic carbocycles. The number of rotatable bonds is 3. The molecule has 0 radical (unpaired) electrons. The summed E-state index contributed by atoms with van der Waals surface area (Å²) in [5, 5.41) is 5.68. The van der Waals surface area contributed by atoms with Crippen LogP contribution in [0.25, 0.3) is 0 Å². The number of carbonyl (C=O) groups excluding carboxylic acids is 1. The molecule has 0 aromatic carbocycles. The van der Waals surface area contributed by atoms with Crippen molar-refractivity contribution in [3.05, 3.63) is 46.3 Å². The molecule has 2 N–H and O–H groups in total. The highest BCUT2D eigenvalue weighted by Gasteiger charge is 2.13. The molecule has 2 aromatic heterocycles. The number of anilines is 2. The van der Waals surface area contributed by atoms with Crippen molar-refractivity contribution in [1.29, 1.82) is 0 Å². The predicted molar refractivity (Wildman–Crippen MR) is 78.4 cm³/mol. The monoisotopic (exact) mass is 320 g/mol. The lowest BCUT2D eigenvalue weighted by Crippen LogP contribution is -2.15. The zero-order valence-electron chi connectivity index (χ0n) is 10.6. The van der Waals surface area contributed by atoms with Crippen LogP contribution in [0.15, 0.2) is 35.1 Å². The van der Waals surface area contributed by atoms with Crippen LogP contribution in [0, 0.1) is 6.92 Å². The first-order valence-electron chi connectivity index (χ1n) is 5.67. The number of nitrogens with zero attached hydrogens (tertiary/aromatic N) is 2. The molecule has 0 bridgehead atoms. The highest BCUT2D eigenvalue weighted by atomic mass is 79.9. The molecule has 19 heavy (non-hydrogen) atoms. The van der Waals surface area contributed by atoms with Gasteiger partial charge in [-0.15, -0.1) is 0 Å². The highest BCUT2D eigenvalue weighted by molar-refractivity contribution is 9.10. The van der Waals surface area contributed by atoms with Crippen molar-refractivity contribution < 1.29 is 4.79 Å². The normalized spacial score (nSPS) is 10.1. The number of pyridine rings is 2. The Bertz CT molecular complexity index is 598. The molecule has 0 fully saturated rings. The first-order chi connectivity index (χ1) is 9.10. The lowest BCUT2D eigenvalue weighted by atomic mass is 10.2. The molecule has 0 atom stereocenters. The third-order valence-corrected chi connectivity index (χ3v) is 2.94. The van der Waals surface area contributed by atoms with E-state index in [1.807, 2.05) is 19.1 Å². The lowest BCUT2D eigenvalue weighted by molar-refractivity contribution is 0.102. The Morgan fingerprint density at radius 2 is 2.05 bits per heavy atom. The number of hydrogen-bond donors (Lipinski definition) is 2. The van der Waals surface area contributed by atoms with E-state index in [2.05, 4.69) is 36.5 Å². The average molecular weight is 321 g/mol. The van der Waals surface area contributed by atoms with Crippen LogP contribution in [0.3, 0.4) is 0 Å². The second-order valence-electron chi connectivity index (χ2n) is 3.94. The Balaban J connectivity index is 2.24. The Morgan fingerprint density at radius 3 is 2.68 bits per heavy atom. The Hall–Kier alpha value is -1.95. The van der Waals surface area contributed by atoms with Crippen molar-refractivity contribution >= 4 is 33.3 Å². The van der Waals surface area contributed by atoms with E-state index in [0.717, 1.165) is 10.2 Å². The van der Waals surface area contributed by atoms with Gasteiger partial charge in [-0.05, 0) is 41.1 Å². The van der Waals surface area contributed by atoms with Crippen LogP contribution in [0.4, 0.5) is 11.5 Å². The van der Waals surface area contributed by atoms with Gasteiger partial charge in [0.2, 0.25) is 0 Å². The number of halogens is 1. The molecule has 0 saturated heterocycles. The SMILES string of the molecule is CNc1ncc(Br)cc1C(=O)Nc1ccc(C)nc1. The third kappa shape index (κ3) is 3.29. The van der Waals surface area contributed by atoms with Gasteiger partial charge < -0.3 is 10.6 Å². The summed E-state index contributed by atoms with van der Waals surface area (Å²) < 4.78 is 0.749. The second-order valence-corrected chi connectivity index (χ2v) is 4.86. The summed E-state index contributed by atoms with van der Waals surface area (Å²) in [4.78, 5) is 20.5. The summed E-state index contributed by atoms with van der Waals surface area (Å²) in [5.74, 6) is 0.296. The smallest absolute Gasteiger partial charge is 0.259 e. The summed E-state index contributed by atoms with van der Waals surface area (Å²) in [6.07, 6.45) is 3.26. The van der Waals surface area contributed by atoms with Crippen molar-refractivity contribution in [2.45, 2.75) is 6.92 Å². The van der Waals surface area contributed by atoms with Crippen molar-refractivity contribution in [2.24, 2.45) is 0 Å². The minimum Gasteiger partial charge on any atom is -0.372 e. The van der Waals surface area contributed by atoms with E-state index in [1.54, 1.807) is 25.5 Å². The maximum atomic E-state index is 12.2. The predicted octanol–water partition coefficient (Wildman–Crippen LogP) is 2.84. The van der Waals surface area contributed by atoms with Crippen LogP contribution in [-0.4, -0.2) is 22.9 Å². The van der Waals surface area contributed by atoms with E-state index in [1.165, 1.54) is 0 Å². The maximum absolute atomic E-state index is 12.2. The molecular formula is C13H13BrN4O. The maximum Gasteiger partial charge on any atom is 0.259 e. The molecular weight excluding hydrogens is 308 g/mol. The van der Waals surface area contributed by atoms with Gasteiger partial charge in [0, 0.05) is 23.4 Å². The van der Waals surface area contributed by atoms with E-state index in [4.69, 9.17) is 0 Å². The minimum absolute atomic E-state index is 0.233. The molecule has 1 amide bonds. The molecule has 2 heterocycles.